The van der Waals surface area contributed by atoms with E-state index in [2.05, 4.69) is 12.2 Å². The van der Waals surface area contributed by atoms with E-state index in [9.17, 15) is 9.59 Å². The van der Waals surface area contributed by atoms with Crippen LogP contribution in [0.4, 0.5) is 5.69 Å². The van der Waals surface area contributed by atoms with Crippen molar-refractivity contribution in [1.82, 2.24) is 5.32 Å². The Kier molecular flexibility index (Phi) is 4.06. The van der Waals surface area contributed by atoms with Crippen LogP contribution in [0.2, 0.25) is 0 Å². The summed E-state index contributed by atoms with van der Waals surface area (Å²) in [4.78, 5) is 26.0. The molecule has 1 N–H and O–H groups in total. The third-order valence-electron chi connectivity index (χ3n) is 4.73. The molecule has 0 spiro atoms. The summed E-state index contributed by atoms with van der Waals surface area (Å²) in [6.07, 6.45) is 5.29. The summed E-state index contributed by atoms with van der Waals surface area (Å²) in [6, 6.07) is 9.11. The van der Waals surface area contributed by atoms with Gasteiger partial charge in [0, 0.05) is 6.04 Å². The quantitative estimate of drug-likeness (QED) is 0.865. The van der Waals surface area contributed by atoms with Gasteiger partial charge in [0.2, 0.25) is 5.91 Å². The number of hydrogen-bond donors (Lipinski definition) is 1. The van der Waals surface area contributed by atoms with E-state index in [1.807, 2.05) is 18.2 Å². The molecule has 112 valence electrons. The van der Waals surface area contributed by atoms with Crippen molar-refractivity contribution in [3.63, 3.8) is 0 Å². The van der Waals surface area contributed by atoms with Crippen LogP contribution in [0.1, 0.15) is 39.0 Å². The summed E-state index contributed by atoms with van der Waals surface area (Å²) >= 11 is 0. The summed E-state index contributed by atoms with van der Waals surface area (Å²) in [6.45, 7) is 2.14. The molecule has 2 amide bonds. The SMILES string of the molecule is CC(NC1CC(=O)N(c2ccccc2)C1=O)C1CCCC1. The third-order valence-corrected chi connectivity index (χ3v) is 4.73. The minimum Gasteiger partial charge on any atom is -0.303 e. The Labute approximate surface area is 125 Å². The average molecular weight is 286 g/mol. The summed E-state index contributed by atoms with van der Waals surface area (Å²) in [5, 5.41) is 3.39. The number of amides is 2. The highest BCUT2D eigenvalue weighted by Crippen LogP contribution is 2.29. The van der Waals surface area contributed by atoms with Crippen molar-refractivity contribution >= 4 is 17.5 Å². The topological polar surface area (TPSA) is 49.4 Å². The molecule has 1 aliphatic heterocycles. The Morgan fingerprint density at radius 1 is 1.14 bits per heavy atom. The first kappa shape index (κ1) is 14.3. The Morgan fingerprint density at radius 3 is 2.48 bits per heavy atom. The van der Waals surface area contributed by atoms with Gasteiger partial charge >= 0.3 is 0 Å². The molecule has 21 heavy (non-hydrogen) atoms. The lowest BCUT2D eigenvalue weighted by Crippen LogP contribution is -2.45. The Balaban J connectivity index is 1.68. The van der Waals surface area contributed by atoms with E-state index in [1.165, 1.54) is 30.6 Å². The van der Waals surface area contributed by atoms with Crippen molar-refractivity contribution in [2.45, 2.75) is 51.1 Å². The van der Waals surface area contributed by atoms with Crippen LogP contribution >= 0.6 is 0 Å². The molecule has 2 fully saturated rings. The van der Waals surface area contributed by atoms with Crippen LogP contribution in [-0.2, 0) is 9.59 Å². The Bertz CT molecular complexity index is 523. The monoisotopic (exact) mass is 286 g/mol. The first-order valence-corrected chi connectivity index (χ1v) is 7.84. The van der Waals surface area contributed by atoms with Gasteiger partial charge in [-0.2, -0.15) is 0 Å². The van der Waals surface area contributed by atoms with Gasteiger partial charge in [-0.15, -0.1) is 0 Å². The van der Waals surface area contributed by atoms with Crippen LogP contribution in [0.5, 0.6) is 0 Å². The Hall–Kier alpha value is -1.68. The van der Waals surface area contributed by atoms with Gasteiger partial charge in [-0.05, 0) is 37.8 Å². The lowest BCUT2D eigenvalue weighted by molar-refractivity contribution is -0.121. The number of benzene rings is 1. The van der Waals surface area contributed by atoms with E-state index in [0.29, 0.717) is 17.6 Å². The van der Waals surface area contributed by atoms with E-state index in [4.69, 9.17) is 0 Å². The second-order valence-corrected chi connectivity index (χ2v) is 6.16. The molecule has 2 atom stereocenters. The van der Waals surface area contributed by atoms with Crippen molar-refractivity contribution in [3.05, 3.63) is 30.3 Å². The number of para-hydroxylation sites is 1. The normalized spacial score (nSPS) is 24.8. The fraction of sp³-hybridized carbons (Fsp3) is 0.529. The molecule has 3 rings (SSSR count). The highest BCUT2D eigenvalue weighted by atomic mass is 16.2. The molecule has 4 heteroatoms. The van der Waals surface area contributed by atoms with E-state index in [1.54, 1.807) is 12.1 Å². The number of hydrogen-bond acceptors (Lipinski definition) is 3. The minimum atomic E-state index is -0.367. The van der Waals surface area contributed by atoms with E-state index < -0.39 is 0 Å². The second-order valence-electron chi connectivity index (χ2n) is 6.16. The molecular weight excluding hydrogens is 264 g/mol. The van der Waals surface area contributed by atoms with Crippen LogP contribution in [0.25, 0.3) is 0 Å². The zero-order valence-electron chi connectivity index (χ0n) is 12.4. The molecule has 2 unspecified atom stereocenters. The summed E-state index contributed by atoms with van der Waals surface area (Å²) < 4.78 is 0. The van der Waals surface area contributed by atoms with Gasteiger partial charge < -0.3 is 5.32 Å². The number of carbonyl (C=O) groups excluding carboxylic acids is 2. The van der Waals surface area contributed by atoms with E-state index in [0.717, 1.165) is 0 Å². The lowest BCUT2D eigenvalue weighted by Gasteiger charge is -2.23. The van der Waals surface area contributed by atoms with Crippen molar-refractivity contribution < 1.29 is 9.59 Å². The maximum atomic E-state index is 12.5. The van der Waals surface area contributed by atoms with Gasteiger partial charge in [0.1, 0.15) is 0 Å². The van der Waals surface area contributed by atoms with Crippen molar-refractivity contribution in [3.8, 4) is 0 Å². The largest absolute Gasteiger partial charge is 0.303 e. The zero-order chi connectivity index (χ0) is 14.8. The van der Waals surface area contributed by atoms with Crippen molar-refractivity contribution in [2.75, 3.05) is 4.90 Å². The smallest absolute Gasteiger partial charge is 0.251 e. The molecule has 0 radical (unpaired) electrons. The molecule has 1 saturated heterocycles. The highest BCUT2D eigenvalue weighted by molar-refractivity contribution is 6.22. The van der Waals surface area contributed by atoms with Crippen LogP contribution in [0, 0.1) is 5.92 Å². The fourth-order valence-corrected chi connectivity index (χ4v) is 3.52. The first-order chi connectivity index (χ1) is 10.2. The van der Waals surface area contributed by atoms with Gasteiger partial charge in [-0.25, -0.2) is 4.90 Å². The summed E-state index contributed by atoms with van der Waals surface area (Å²) in [5.74, 6) is 0.414. The average Bonchev–Trinajstić information content (AvgIpc) is 3.09. The van der Waals surface area contributed by atoms with Gasteiger partial charge in [0.15, 0.2) is 0 Å². The van der Waals surface area contributed by atoms with Crippen LogP contribution in [0.15, 0.2) is 30.3 Å². The predicted molar refractivity (Wildman–Crippen MR) is 81.9 cm³/mol. The van der Waals surface area contributed by atoms with E-state index in [-0.39, 0.29) is 24.3 Å². The summed E-state index contributed by atoms with van der Waals surface area (Å²) in [7, 11) is 0. The molecule has 0 aromatic heterocycles. The van der Waals surface area contributed by atoms with E-state index >= 15 is 0 Å². The van der Waals surface area contributed by atoms with Crippen LogP contribution in [-0.4, -0.2) is 23.9 Å². The maximum Gasteiger partial charge on any atom is 0.251 e. The lowest BCUT2D eigenvalue weighted by atomic mass is 9.99. The van der Waals surface area contributed by atoms with Gasteiger partial charge in [-0.1, -0.05) is 31.0 Å². The minimum absolute atomic E-state index is 0.109. The number of imide groups is 1. The second kappa shape index (κ2) is 5.98. The Morgan fingerprint density at radius 2 is 1.81 bits per heavy atom. The van der Waals surface area contributed by atoms with Gasteiger partial charge in [0.05, 0.1) is 18.2 Å². The van der Waals surface area contributed by atoms with Crippen molar-refractivity contribution in [2.24, 2.45) is 5.92 Å². The molecule has 1 aromatic rings. The third kappa shape index (κ3) is 2.86. The number of rotatable bonds is 4. The molecule has 1 heterocycles. The number of anilines is 1. The van der Waals surface area contributed by atoms with Crippen LogP contribution < -0.4 is 10.2 Å². The predicted octanol–water partition coefficient (Wildman–Crippen LogP) is 2.49. The molecule has 1 aliphatic carbocycles. The molecular formula is C17H22N2O2. The molecule has 1 aromatic carbocycles. The summed E-state index contributed by atoms with van der Waals surface area (Å²) in [5.41, 5.74) is 0.672. The van der Waals surface area contributed by atoms with Crippen molar-refractivity contribution in [1.29, 1.82) is 0 Å². The van der Waals surface area contributed by atoms with Crippen LogP contribution in [0.3, 0.4) is 0 Å². The first-order valence-electron chi connectivity index (χ1n) is 7.84. The highest BCUT2D eigenvalue weighted by Gasteiger charge is 2.40. The van der Waals surface area contributed by atoms with Gasteiger partial charge in [0.25, 0.3) is 5.91 Å². The zero-order valence-corrected chi connectivity index (χ0v) is 12.4. The number of carbonyl (C=O) groups is 2. The van der Waals surface area contributed by atoms with Gasteiger partial charge in [-0.3, -0.25) is 9.59 Å². The molecule has 4 nitrogen and oxygen atoms in total. The maximum absolute atomic E-state index is 12.5. The molecule has 2 aliphatic rings. The standard InChI is InChI=1S/C17H22N2O2/c1-12(13-7-5-6-8-13)18-15-11-16(20)19(17(15)21)14-9-3-2-4-10-14/h2-4,9-10,12-13,15,18H,5-8,11H2,1H3. The molecule has 1 saturated carbocycles. The fourth-order valence-electron chi connectivity index (χ4n) is 3.52. The number of nitrogens with zero attached hydrogens (tertiary/aromatic N) is 1. The number of nitrogens with one attached hydrogen (secondary N) is 1. The molecule has 0 bridgehead atoms.